The molecule has 0 aliphatic carbocycles. The highest BCUT2D eigenvalue weighted by molar-refractivity contribution is 9.10. The topological polar surface area (TPSA) is 24.1 Å². The minimum absolute atomic E-state index is 0.154. The van der Waals surface area contributed by atoms with Crippen LogP contribution in [0, 0.1) is 5.92 Å². The molecule has 1 saturated heterocycles. The SMILES string of the molecule is FC(F)(F)c1cc(Br)ccc1NCCC1CCNC1. The van der Waals surface area contributed by atoms with Gasteiger partial charge in [-0.15, -0.1) is 0 Å². The third-order valence-corrected chi connectivity index (χ3v) is 3.81. The van der Waals surface area contributed by atoms with Crippen LogP contribution < -0.4 is 10.6 Å². The smallest absolute Gasteiger partial charge is 0.385 e. The van der Waals surface area contributed by atoms with Crippen LogP contribution in [0.3, 0.4) is 0 Å². The van der Waals surface area contributed by atoms with Crippen molar-refractivity contribution in [3.8, 4) is 0 Å². The molecule has 6 heteroatoms. The van der Waals surface area contributed by atoms with E-state index < -0.39 is 11.7 Å². The molecule has 0 bridgehead atoms. The van der Waals surface area contributed by atoms with Crippen LogP contribution in [0.25, 0.3) is 0 Å². The van der Waals surface area contributed by atoms with E-state index in [1.165, 1.54) is 6.07 Å². The lowest BCUT2D eigenvalue weighted by Gasteiger charge is -2.16. The summed E-state index contributed by atoms with van der Waals surface area (Å²) in [5.41, 5.74) is -0.465. The summed E-state index contributed by atoms with van der Waals surface area (Å²) in [7, 11) is 0. The second-order valence-electron chi connectivity index (χ2n) is 4.76. The van der Waals surface area contributed by atoms with Gasteiger partial charge in [-0.3, -0.25) is 0 Å². The van der Waals surface area contributed by atoms with Crippen LogP contribution in [-0.4, -0.2) is 19.6 Å². The van der Waals surface area contributed by atoms with Crippen LogP contribution >= 0.6 is 15.9 Å². The molecule has 1 aliphatic rings. The van der Waals surface area contributed by atoms with E-state index in [2.05, 4.69) is 26.6 Å². The predicted molar refractivity (Wildman–Crippen MR) is 73.2 cm³/mol. The van der Waals surface area contributed by atoms with Crippen LogP contribution in [0.1, 0.15) is 18.4 Å². The Morgan fingerprint density at radius 2 is 2.16 bits per heavy atom. The first-order valence-corrected chi connectivity index (χ1v) is 7.07. The van der Waals surface area contributed by atoms with E-state index in [-0.39, 0.29) is 5.69 Å². The van der Waals surface area contributed by atoms with Crippen LogP contribution in [0.15, 0.2) is 22.7 Å². The number of anilines is 1. The van der Waals surface area contributed by atoms with Gasteiger partial charge in [-0.05, 0) is 50.0 Å². The monoisotopic (exact) mass is 336 g/mol. The Balaban J connectivity index is 1.98. The van der Waals surface area contributed by atoms with Gasteiger partial charge in [-0.1, -0.05) is 15.9 Å². The Morgan fingerprint density at radius 3 is 2.79 bits per heavy atom. The number of alkyl halides is 3. The van der Waals surface area contributed by atoms with Crippen molar-refractivity contribution >= 4 is 21.6 Å². The van der Waals surface area contributed by atoms with Gasteiger partial charge >= 0.3 is 6.18 Å². The van der Waals surface area contributed by atoms with E-state index >= 15 is 0 Å². The van der Waals surface area contributed by atoms with E-state index in [4.69, 9.17) is 0 Å². The molecule has 0 radical (unpaired) electrons. The second-order valence-corrected chi connectivity index (χ2v) is 5.68. The van der Waals surface area contributed by atoms with Gasteiger partial charge < -0.3 is 10.6 Å². The fourth-order valence-corrected chi connectivity index (χ4v) is 2.64. The molecule has 106 valence electrons. The normalized spacial score (nSPS) is 19.7. The molecule has 1 aromatic carbocycles. The van der Waals surface area contributed by atoms with Gasteiger partial charge in [-0.25, -0.2) is 0 Å². The van der Waals surface area contributed by atoms with Crippen LogP contribution in [0.2, 0.25) is 0 Å². The lowest BCUT2D eigenvalue weighted by Crippen LogP contribution is -2.15. The first kappa shape index (κ1) is 14.7. The van der Waals surface area contributed by atoms with Crippen molar-refractivity contribution < 1.29 is 13.2 Å². The summed E-state index contributed by atoms with van der Waals surface area (Å²) < 4.78 is 39.1. The zero-order valence-electron chi connectivity index (χ0n) is 10.4. The number of hydrogen-bond acceptors (Lipinski definition) is 2. The zero-order chi connectivity index (χ0) is 13.9. The van der Waals surface area contributed by atoms with Gasteiger partial charge in [0.15, 0.2) is 0 Å². The number of hydrogen-bond donors (Lipinski definition) is 2. The number of rotatable bonds is 4. The number of nitrogens with one attached hydrogen (secondary N) is 2. The summed E-state index contributed by atoms with van der Waals surface area (Å²) in [4.78, 5) is 0. The molecule has 0 aromatic heterocycles. The summed E-state index contributed by atoms with van der Waals surface area (Å²) in [5.74, 6) is 0.567. The highest BCUT2D eigenvalue weighted by Gasteiger charge is 2.33. The Labute approximate surface area is 118 Å². The van der Waals surface area contributed by atoms with Crippen LogP contribution in [0.5, 0.6) is 0 Å². The predicted octanol–water partition coefficient (Wildman–Crippen LogP) is 3.88. The van der Waals surface area contributed by atoms with Gasteiger partial charge in [0.2, 0.25) is 0 Å². The van der Waals surface area contributed by atoms with Gasteiger partial charge in [0, 0.05) is 16.7 Å². The highest BCUT2D eigenvalue weighted by atomic mass is 79.9. The summed E-state index contributed by atoms with van der Waals surface area (Å²) in [5, 5.41) is 6.16. The third-order valence-electron chi connectivity index (χ3n) is 3.32. The first-order chi connectivity index (χ1) is 8.97. The molecule has 1 unspecified atom stereocenters. The van der Waals surface area contributed by atoms with E-state index in [0.717, 1.165) is 32.0 Å². The van der Waals surface area contributed by atoms with Crippen molar-refractivity contribution in [2.24, 2.45) is 5.92 Å². The molecule has 1 atom stereocenters. The maximum Gasteiger partial charge on any atom is 0.418 e. The fourth-order valence-electron chi connectivity index (χ4n) is 2.28. The van der Waals surface area contributed by atoms with Gasteiger partial charge in [0.25, 0.3) is 0 Å². The van der Waals surface area contributed by atoms with Crippen molar-refractivity contribution in [3.05, 3.63) is 28.2 Å². The summed E-state index contributed by atoms with van der Waals surface area (Å²) >= 11 is 3.07. The molecule has 2 nitrogen and oxygen atoms in total. The fraction of sp³-hybridized carbons (Fsp3) is 0.538. The van der Waals surface area contributed by atoms with Crippen molar-refractivity contribution in [2.75, 3.05) is 25.0 Å². The van der Waals surface area contributed by atoms with Gasteiger partial charge in [-0.2, -0.15) is 13.2 Å². The summed E-state index contributed by atoms with van der Waals surface area (Å²) in [6.45, 7) is 2.54. The molecule has 19 heavy (non-hydrogen) atoms. The van der Waals surface area contributed by atoms with Crippen LogP contribution in [-0.2, 0) is 6.18 Å². The Kier molecular flexibility index (Phi) is 4.73. The second kappa shape index (κ2) is 6.13. The van der Waals surface area contributed by atoms with E-state index in [1.807, 2.05) is 0 Å². The minimum Gasteiger partial charge on any atom is -0.385 e. The van der Waals surface area contributed by atoms with E-state index in [9.17, 15) is 13.2 Å². The zero-order valence-corrected chi connectivity index (χ0v) is 11.9. The molecule has 2 rings (SSSR count). The van der Waals surface area contributed by atoms with E-state index in [0.29, 0.717) is 16.9 Å². The van der Waals surface area contributed by atoms with Crippen molar-refractivity contribution in [3.63, 3.8) is 0 Å². The molecule has 1 aromatic rings. The lowest BCUT2D eigenvalue weighted by atomic mass is 10.0. The molecule has 0 amide bonds. The van der Waals surface area contributed by atoms with Gasteiger partial charge in [0.05, 0.1) is 5.56 Å². The van der Waals surface area contributed by atoms with Gasteiger partial charge in [0.1, 0.15) is 0 Å². The largest absolute Gasteiger partial charge is 0.418 e. The molecule has 0 saturated carbocycles. The Hall–Kier alpha value is -0.750. The number of halogens is 4. The summed E-state index contributed by atoms with van der Waals surface area (Å²) in [6, 6.07) is 4.20. The van der Waals surface area contributed by atoms with Crippen molar-refractivity contribution in [1.29, 1.82) is 0 Å². The molecule has 1 heterocycles. The van der Waals surface area contributed by atoms with Crippen molar-refractivity contribution in [2.45, 2.75) is 19.0 Å². The molecule has 1 aliphatic heterocycles. The van der Waals surface area contributed by atoms with E-state index in [1.54, 1.807) is 6.07 Å². The average Bonchev–Trinajstić information content (AvgIpc) is 2.83. The number of benzene rings is 1. The van der Waals surface area contributed by atoms with Crippen molar-refractivity contribution in [1.82, 2.24) is 5.32 Å². The minimum atomic E-state index is -4.33. The Morgan fingerprint density at radius 1 is 1.37 bits per heavy atom. The molecular formula is C13H16BrF3N2. The van der Waals surface area contributed by atoms with Crippen LogP contribution in [0.4, 0.5) is 18.9 Å². The standard InChI is InChI=1S/C13H16BrF3N2/c14-10-1-2-12(11(7-10)13(15,16)17)19-6-4-9-3-5-18-8-9/h1-2,7,9,18-19H,3-6,8H2. The maximum absolute atomic E-state index is 12.9. The quantitative estimate of drug-likeness (QED) is 0.871. The maximum atomic E-state index is 12.9. The summed E-state index contributed by atoms with van der Waals surface area (Å²) in [6.07, 6.45) is -2.34. The molecule has 2 N–H and O–H groups in total. The average molecular weight is 337 g/mol. The molecule has 0 spiro atoms. The molecular weight excluding hydrogens is 321 g/mol. The third kappa shape index (κ3) is 4.11. The highest BCUT2D eigenvalue weighted by Crippen LogP contribution is 2.36. The molecule has 1 fully saturated rings. The Bertz CT molecular complexity index is 428. The lowest BCUT2D eigenvalue weighted by molar-refractivity contribution is -0.137. The first-order valence-electron chi connectivity index (χ1n) is 6.28.